The van der Waals surface area contributed by atoms with E-state index in [2.05, 4.69) is 10.6 Å². The SMILES string of the molecule is O=C(O)CCNC(=S)Nc1cccc(F)c1. The van der Waals surface area contributed by atoms with Gasteiger partial charge in [0, 0.05) is 12.2 Å². The summed E-state index contributed by atoms with van der Waals surface area (Å²) in [6, 6.07) is 5.84. The van der Waals surface area contributed by atoms with E-state index in [1.165, 1.54) is 12.1 Å². The third kappa shape index (κ3) is 4.70. The second kappa shape index (κ2) is 6.02. The minimum atomic E-state index is -0.902. The predicted molar refractivity (Wildman–Crippen MR) is 62.9 cm³/mol. The van der Waals surface area contributed by atoms with Crippen LogP contribution in [0.2, 0.25) is 0 Å². The summed E-state index contributed by atoms with van der Waals surface area (Å²) in [6.07, 6.45) is -0.0228. The standard InChI is InChI=1S/C10H11FN2O2S/c11-7-2-1-3-8(6-7)13-10(16)12-5-4-9(14)15/h1-3,6H,4-5H2,(H,14,15)(H2,12,13,16). The average Bonchev–Trinajstić information content (AvgIpc) is 2.16. The second-order valence-corrected chi connectivity index (χ2v) is 3.44. The van der Waals surface area contributed by atoms with Crippen LogP contribution in [0.4, 0.5) is 10.1 Å². The fraction of sp³-hybridized carbons (Fsp3) is 0.200. The van der Waals surface area contributed by atoms with Gasteiger partial charge in [0.25, 0.3) is 0 Å². The topological polar surface area (TPSA) is 61.4 Å². The van der Waals surface area contributed by atoms with Crippen molar-refractivity contribution in [2.24, 2.45) is 0 Å². The van der Waals surface area contributed by atoms with Crippen molar-refractivity contribution in [3.63, 3.8) is 0 Å². The third-order valence-electron chi connectivity index (χ3n) is 1.71. The number of benzene rings is 1. The second-order valence-electron chi connectivity index (χ2n) is 3.03. The summed E-state index contributed by atoms with van der Waals surface area (Å²) in [5.41, 5.74) is 0.521. The molecule has 0 unspecified atom stereocenters. The van der Waals surface area contributed by atoms with Crippen LogP contribution in [0.1, 0.15) is 6.42 Å². The number of hydrogen-bond acceptors (Lipinski definition) is 2. The Bertz CT molecular complexity index is 398. The Labute approximate surface area is 97.5 Å². The number of aliphatic carboxylic acids is 1. The van der Waals surface area contributed by atoms with E-state index in [4.69, 9.17) is 17.3 Å². The molecule has 1 aromatic rings. The first-order valence-corrected chi connectivity index (χ1v) is 5.01. The minimum Gasteiger partial charge on any atom is -0.481 e. The van der Waals surface area contributed by atoms with Gasteiger partial charge in [-0.15, -0.1) is 0 Å². The highest BCUT2D eigenvalue weighted by atomic mass is 32.1. The number of carboxylic acid groups (broad SMARTS) is 1. The molecule has 0 heterocycles. The summed E-state index contributed by atoms with van der Waals surface area (Å²) in [6.45, 7) is 0.233. The van der Waals surface area contributed by atoms with Crippen molar-refractivity contribution >= 4 is 29.0 Å². The van der Waals surface area contributed by atoms with Gasteiger partial charge < -0.3 is 15.7 Å². The Balaban J connectivity index is 2.37. The lowest BCUT2D eigenvalue weighted by atomic mass is 10.3. The summed E-state index contributed by atoms with van der Waals surface area (Å²) >= 11 is 4.89. The van der Waals surface area contributed by atoms with Gasteiger partial charge in [0.05, 0.1) is 6.42 Å². The van der Waals surface area contributed by atoms with Crippen LogP contribution in [0.3, 0.4) is 0 Å². The van der Waals surface area contributed by atoms with Crippen LogP contribution in [0.15, 0.2) is 24.3 Å². The fourth-order valence-electron chi connectivity index (χ4n) is 1.02. The lowest BCUT2D eigenvalue weighted by Crippen LogP contribution is -2.30. The van der Waals surface area contributed by atoms with E-state index in [1.807, 2.05) is 0 Å². The van der Waals surface area contributed by atoms with Crippen LogP contribution in [-0.4, -0.2) is 22.7 Å². The Morgan fingerprint density at radius 1 is 1.50 bits per heavy atom. The molecule has 0 amide bonds. The maximum Gasteiger partial charge on any atom is 0.305 e. The molecule has 0 aliphatic rings. The van der Waals surface area contributed by atoms with Crippen LogP contribution in [-0.2, 0) is 4.79 Å². The van der Waals surface area contributed by atoms with Gasteiger partial charge in [-0.3, -0.25) is 4.79 Å². The minimum absolute atomic E-state index is 0.0228. The van der Waals surface area contributed by atoms with E-state index in [0.29, 0.717) is 5.69 Å². The van der Waals surface area contributed by atoms with Crippen LogP contribution in [0.25, 0.3) is 0 Å². The van der Waals surface area contributed by atoms with Crippen LogP contribution < -0.4 is 10.6 Å². The first kappa shape index (κ1) is 12.4. The molecular weight excluding hydrogens is 231 g/mol. The van der Waals surface area contributed by atoms with E-state index in [-0.39, 0.29) is 23.9 Å². The highest BCUT2D eigenvalue weighted by Crippen LogP contribution is 2.08. The van der Waals surface area contributed by atoms with Crippen molar-refractivity contribution in [2.75, 3.05) is 11.9 Å². The molecular formula is C10H11FN2O2S. The van der Waals surface area contributed by atoms with Crippen LogP contribution in [0, 0.1) is 5.82 Å². The van der Waals surface area contributed by atoms with Gasteiger partial charge in [-0.1, -0.05) is 6.07 Å². The molecule has 6 heteroatoms. The summed E-state index contributed by atoms with van der Waals surface area (Å²) in [5.74, 6) is -1.26. The highest BCUT2D eigenvalue weighted by molar-refractivity contribution is 7.80. The molecule has 0 aromatic heterocycles. The summed E-state index contributed by atoms with van der Waals surface area (Å²) in [7, 11) is 0. The van der Waals surface area contributed by atoms with Crippen molar-refractivity contribution in [1.29, 1.82) is 0 Å². The zero-order valence-corrected chi connectivity index (χ0v) is 9.18. The molecule has 0 aliphatic heterocycles. The molecule has 0 saturated carbocycles. The number of halogens is 1. The quantitative estimate of drug-likeness (QED) is 0.700. The molecule has 0 fully saturated rings. The number of nitrogens with one attached hydrogen (secondary N) is 2. The number of carboxylic acids is 1. The smallest absolute Gasteiger partial charge is 0.305 e. The first-order valence-electron chi connectivity index (χ1n) is 4.60. The van der Waals surface area contributed by atoms with Crippen molar-refractivity contribution < 1.29 is 14.3 Å². The van der Waals surface area contributed by atoms with Gasteiger partial charge in [0.15, 0.2) is 5.11 Å². The molecule has 0 saturated heterocycles. The molecule has 1 rings (SSSR count). The molecule has 16 heavy (non-hydrogen) atoms. The Hall–Kier alpha value is -1.69. The molecule has 86 valence electrons. The lowest BCUT2D eigenvalue weighted by Gasteiger charge is -2.09. The highest BCUT2D eigenvalue weighted by Gasteiger charge is 2.00. The van der Waals surface area contributed by atoms with Crippen molar-refractivity contribution in [3.05, 3.63) is 30.1 Å². The monoisotopic (exact) mass is 242 g/mol. The number of thiocarbonyl (C=S) groups is 1. The van der Waals surface area contributed by atoms with Gasteiger partial charge in [0.1, 0.15) is 5.82 Å². The summed E-state index contributed by atoms with van der Waals surface area (Å²) in [5, 5.41) is 14.1. The Morgan fingerprint density at radius 2 is 2.25 bits per heavy atom. The molecule has 0 aliphatic carbocycles. The Kier molecular flexibility index (Phi) is 4.65. The van der Waals surface area contributed by atoms with Crippen molar-refractivity contribution in [2.45, 2.75) is 6.42 Å². The third-order valence-corrected chi connectivity index (χ3v) is 1.95. The van der Waals surface area contributed by atoms with Gasteiger partial charge in [-0.25, -0.2) is 4.39 Å². The number of hydrogen-bond donors (Lipinski definition) is 3. The van der Waals surface area contributed by atoms with E-state index in [1.54, 1.807) is 12.1 Å². The molecule has 3 N–H and O–H groups in total. The first-order chi connectivity index (χ1) is 7.58. The van der Waals surface area contributed by atoms with Crippen molar-refractivity contribution in [3.8, 4) is 0 Å². The number of carbonyl (C=O) groups is 1. The van der Waals surface area contributed by atoms with E-state index < -0.39 is 5.97 Å². The van der Waals surface area contributed by atoms with Gasteiger partial charge in [-0.2, -0.15) is 0 Å². The predicted octanol–water partition coefficient (Wildman–Crippen LogP) is 1.59. The average molecular weight is 242 g/mol. The van der Waals surface area contributed by atoms with Crippen LogP contribution >= 0.6 is 12.2 Å². The van der Waals surface area contributed by atoms with Crippen LogP contribution in [0.5, 0.6) is 0 Å². The molecule has 1 aromatic carbocycles. The molecule has 4 nitrogen and oxygen atoms in total. The van der Waals surface area contributed by atoms with Gasteiger partial charge in [0.2, 0.25) is 0 Å². The van der Waals surface area contributed by atoms with Gasteiger partial charge in [-0.05, 0) is 30.4 Å². The largest absolute Gasteiger partial charge is 0.481 e. The number of rotatable bonds is 4. The summed E-state index contributed by atoms with van der Waals surface area (Å²) in [4.78, 5) is 10.2. The maximum absolute atomic E-state index is 12.8. The van der Waals surface area contributed by atoms with E-state index in [0.717, 1.165) is 0 Å². The van der Waals surface area contributed by atoms with Gasteiger partial charge >= 0.3 is 5.97 Å². The molecule has 0 radical (unpaired) electrons. The fourth-order valence-corrected chi connectivity index (χ4v) is 1.24. The summed E-state index contributed by atoms with van der Waals surface area (Å²) < 4.78 is 12.8. The zero-order chi connectivity index (χ0) is 12.0. The Morgan fingerprint density at radius 3 is 2.88 bits per heavy atom. The number of anilines is 1. The molecule has 0 bridgehead atoms. The maximum atomic E-state index is 12.8. The molecule has 0 atom stereocenters. The molecule has 0 spiro atoms. The lowest BCUT2D eigenvalue weighted by molar-refractivity contribution is -0.136. The zero-order valence-electron chi connectivity index (χ0n) is 8.37. The van der Waals surface area contributed by atoms with E-state index in [9.17, 15) is 9.18 Å². The van der Waals surface area contributed by atoms with Crippen molar-refractivity contribution in [1.82, 2.24) is 5.32 Å². The normalized spacial score (nSPS) is 9.56. The van der Waals surface area contributed by atoms with E-state index >= 15 is 0 Å².